The molecule has 5 aromatic carbocycles. The molecule has 210 valence electrons. The fourth-order valence-corrected chi connectivity index (χ4v) is 6.90. The SMILES string of the molecule is c1ccc(-n2c3ccccc3c3ncc4c5c6occc6ccc5n(-c5cccc(-c6cnc7ccccc7n6)c5)c4c32)cc1. The van der Waals surface area contributed by atoms with E-state index in [1.807, 2.05) is 42.7 Å². The van der Waals surface area contributed by atoms with Crippen molar-refractivity contribution in [3.63, 3.8) is 0 Å². The highest BCUT2D eigenvalue weighted by Gasteiger charge is 2.24. The van der Waals surface area contributed by atoms with Gasteiger partial charge in [-0.15, -0.1) is 0 Å². The van der Waals surface area contributed by atoms with E-state index in [2.05, 4.69) is 100 Å². The Kier molecular flexibility index (Phi) is 4.90. The van der Waals surface area contributed by atoms with E-state index in [1.54, 1.807) is 6.26 Å². The fourth-order valence-electron chi connectivity index (χ4n) is 6.90. The Hall–Kier alpha value is -6.27. The molecular weight excluding hydrogens is 554 g/mol. The molecule has 0 aliphatic heterocycles. The summed E-state index contributed by atoms with van der Waals surface area (Å²) in [5, 5.41) is 4.25. The smallest absolute Gasteiger partial charge is 0.143 e. The summed E-state index contributed by atoms with van der Waals surface area (Å²) in [5.41, 5.74) is 11.8. The average molecular weight is 578 g/mol. The van der Waals surface area contributed by atoms with E-state index in [1.165, 1.54) is 0 Å². The number of fused-ring (bicyclic) bond motifs is 10. The Balaban J connectivity index is 1.37. The third kappa shape index (κ3) is 3.42. The Morgan fingerprint density at radius 2 is 1.36 bits per heavy atom. The Labute approximate surface area is 256 Å². The van der Waals surface area contributed by atoms with Crippen LogP contribution in [0.4, 0.5) is 0 Å². The number of pyridine rings is 1. The molecule has 6 heteroatoms. The van der Waals surface area contributed by atoms with Crippen molar-refractivity contribution in [3.8, 4) is 22.6 Å². The quantitative estimate of drug-likeness (QED) is 0.210. The van der Waals surface area contributed by atoms with E-state index in [4.69, 9.17) is 19.4 Å². The molecule has 0 fully saturated rings. The molecule has 6 nitrogen and oxygen atoms in total. The Morgan fingerprint density at radius 3 is 2.29 bits per heavy atom. The van der Waals surface area contributed by atoms with Gasteiger partial charge in [-0.25, -0.2) is 4.98 Å². The number of benzene rings is 5. The van der Waals surface area contributed by atoms with Crippen molar-refractivity contribution in [2.45, 2.75) is 0 Å². The van der Waals surface area contributed by atoms with Gasteiger partial charge in [0.2, 0.25) is 0 Å². The third-order valence-corrected chi connectivity index (χ3v) is 8.85. The van der Waals surface area contributed by atoms with Gasteiger partial charge >= 0.3 is 0 Å². The monoisotopic (exact) mass is 577 g/mol. The van der Waals surface area contributed by atoms with Crippen LogP contribution in [0.3, 0.4) is 0 Å². The van der Waals surface area contributed by atoms with E-state index in [-0.39, 0.29) is 0 Å². The van der Waals surface area contributed by atoms with Crippen molar-refractivity contribution < 1.29 is 4.42 Å². The summed E-state index contributed by atoms with van der Waals surface area (Å²) >= 11 is 0. The molecule has 0 aliphatic rings. The molecule has 0 saturated carbocycles. The molecule has 0 amide bonds. The van der Waals surface area contributed by atoms with Crippen molar-refractivity contribution in [1.29, 1.82) is 0 Å². The minimum absolute atomic E-state index is 0.829. The molecule has 5 aromatic heterocycles. The van der Waals surface area contributed by atoms with E-state index in [0.717, 1.165) is 88.4 Å². The summed E-state index contributed by atoms with van der Waals surface area (Å²) in [4.78, 5) is 14.8. The van der Waals surface area contributed by atoms with Crippen molar-refractivity contribution in [2.75, 3.05) is 0 Å². The van der Waals surface area contributed by atoms with Gasteiger partial charge < -0.3 is 13.6 Å². The zero-order valence-corrected chi connectivity index (χ0v) is 23.9. The van der Waals surface area contributed by atoms with Crippen LogP contribution in [-0.4, -0.2) is 24.1 Å². The summed E-state index contributed by atoms with van der Waals surface area (Å²) in [7, 11) is 0. The highest BCUT2D eigenvalue weighted by molar-refractivity contribution is 6.26. The van der Waals surface area contributed by atoms with Gasteiger partial charge in [-0.3, -0.25) is 9.97 Å². The Morgan fingerprint density at radius 1 is 0.556 bits per heavy atom. The van der Waals surface area contributed by atoms with Gasteiger partial charge in [0.1, 0.15) is 5.58 Å². The van der Waals surface area contributed by atoms with Gasteiger partial charge in [-0.05, 0) is 60.7 Å². The van der Waals surface area contributed by atoms with Crippen LogP contribution in [0, 0.1) is 0 Å². The second-order valence-corrected chi connectivity index (χ2v) is 11.3. The molecule has 45 heavy (non-hydrogen) atoms. The van der Waals surface area contributed by atoms with Gasteiger partial charge in [0, 0.05) is 39.3 Å². The number of rotatable bonds is 3. The summed E-state index contributed by atoms with van der Waals surface area (Å²) < 4.78 is 10.8. The fraction of sp³-hybridized carbons (Fsp3) is 0. The Bertz CT molecular complexity index is 2770. The van der Waals surface area contributed by atoms with Crippen molar-refractivity contribution in [1.82, 2.24) is 24.1 Å². The number of para-hydroxylation sites is 4. The van der Waals surface area contributed by atoms with Crippen LogP contribution < -0.4 is 0 Å². The van der Waals surface area contributed by atoms with Crippen molar-refractivity contribution >= 4 is 65.7 Å². The first-order valence-electron chi connectivity index (χ1n) is 14.9. The molecular formula is C39H23N5O. The first-order chi connectivity index (χ1) is 22.3. The maximum absolute atomic E-state index is 6.14. The molecule has 10 aromatic rings. The summed E-state index contributed by atoms with van der Waals surface area (Å²) in [6.45, 7) is 0. The van der Waals surface area contributed by atoms with Gasteiger partial charge in [-0.1, -0.05) is 60.7 Å². The normalized spacial score (nSPS) is 12.0. The highest BCUT2D eigenvalue weighted by atomic mass is 16.3. The standard InChI is InChI=1S/C39H23N5O/c1-2-10-26(11-3-1)43-33-16-7-4-13-28(33)36-38(43)37-29(22-41-36)35-34(18-17-24-19-20-45-39(24)35)44(37)27-12-8-9-25(21-27)32-23-40-30-14-5-6-15-31(30)42-32/h1-23H. The number of hydrogen-bond acceptors (Lipinski definition) is 4. The van der Waals surface area contributed by atoms with Gasteiger partial charge in [0.05, 0.1) is 62.2 Å². The minimum Gasteiger partial charge on any atom is -0.464 e. The predicted octanol–water partition coefficient (Wildman–Crippen LogP) is 9.63. The lowest BCUT2D eigenvalue weighted by atomic mass is 10.1. The maximum Gasteiger partial charge on any atom is 0.143 e. The van der Waals surface area contributed by atoms with E-state index in [0.29, 0.717) is 0 Å². The maximum atomic E-state index is 6.14. The van der Waals surface area contributed by atoms with Gasteiger partial charge in [0.15, 0.2) is 0 Å². The molecule has 5 heterocycles. The number of furan rings is 1. The lowest BCUT2D eigenvalue weighted by Gasteiger charge is -2.13. The topological polar surface area (TPSA) is 61.7 Å². The number of aromatic nitrogens is 5. The second-order valence-electron chi connectivity index (χ2n) is 11.3. The lowest BCUT2D eigenvalue weighted by molar-refractivity contribution is 0.619. The number of nitrogens with zero attached hydrogens (tertiary/aromatic N) is 5. The van der Waals surface area contributed by atoms with Gasteiger partial charge in [0.25, 0.3) is 0 Å². The summed E-state index contributed by atoms with van der Waals surface area (Å²) in [6, 6.07) is 41.9. The van der Waals surface area contributed by atoms with E-state index in [9.17, 15) is 0 Å². The molecule has 0 radical (unpaired) electrons. The zero-order chi connectivity index (χ0) is 29.5. The molecule has 0 aliphatic carbocycles. The van der Waals surface area contributed by atoms with Crippen LogP contribution in [0.15, 0.2) is 144 Å². The van der Waals surface area contributed by atoms with E-state index >= 15 is 0 Å². The van der Waals surface area contributed by atoms with Crippen LogP contribution in [-0.2, 0) is 0 Å². The van der Waals surface area contributed by atoms with E-state index < -0.39 is 0 Å². The molecule has 0 unspecified atom stereocenters. The van der Waals surface area contributed by atoms with Crippen molar-refractivity contribution in [3.05, 3.63) is 140 Å². The first kappa shape index (κ1) is 24.2. The molecule has 0 N–H and O–H groups in total. The average Bonchev–Trinajstić information content (AvgIpc) is 3.81. The van der Waals surface area contributed by atoms with Crippen LogP contribution in [0.5, 0.6) is 0 Å². The van der Waals surface area contributed by atoms with Gasteiger partial charge in [-0.2, -0.15) is 0 Å². The summed E-state index contributed by atoms with van der Waals surface area (Å²) in [6.07, 6.45) is 5.63. The molecule has 0 spiro atoms. The van der Waals surface area contributed by atoms with Crippen LogP contribution >= 0.6 is 0 Å². The molecule has 0 saturated heterocycles. The number of hydrogen-bond donors (Lipinski definition) is 0. The second kappa shape index (κ2) is 9.11. The van der Waals surface area contributed by atoms with Crippen LogP contribution in [0.1, 0.15) is 0 Å². The van der Waals surface area contributed by atoms with Crippen LogP contribution in [0.2, 0.25) is 0 Å². The lowest BCUT2D eigenvalue weighted by Crippen LogP contribution is -1.99. The molecule has 0 atom stereocenters. The first-order valence-corrected chi connectivity index (χ1v) is 14.9. The molecule has 10 rings (SSSR count). The minimum atomic E-state index is 0.829. The van der Waals surface area contributed by atoms with Crippen molar-refractivity contribution in [2.24, 2.45) is 0 Å². The largest absolute Gasteiger partial charge is 0.464 e. The predicted molar refractivity (Wildman–Crippen MR) is 181 cm³/mol. The summed E-state index contributed by atoms with van der Waals surface area (Å²) in [5.74, 6) is 0. The zero-order valence-electron chi connectivity index (χ0n) is 23.9. The third-order valence-electron chi connectivity index (χ3n) is 8.85. The van der Waals surface area contributed by atoms with Crippen LogP contribution in [0.25, 0.3) is 88.4 Å². The molecule has 0 bridgehead atoms. The highest BCUT2D eigenvalue weighted by Crippen LogP contribution is 2.43.